The van der Waals surface area contributed by atoms with E-state index in [1.807, 2.05) is 25.1 Å². The Labute approximate surface area is 125 Å². The van der Waals surface area contributed by atoms with Crippen LogP contribution < -0.4 is 10.5 Å². The minimum atomic E-state index is -0.264. The highest BCUT2D eigenvalue weighted by Crippen LogP contribution is 2.30. The Balaban J connectivity index is 2.32. The lowest BCUT2D eigenvalue weighted by atomic mass is 10.00. The fraction of sp³-hybridized carbons (Fsp3) is 0.500. The second kappa shape index (κ2) is 5.85. The maximum absolute atomic E-state index is 12.2. The standard InChI is InChI=1S/C16H22N2O3/c1-9-10(2)16(20)18(15(9)19)8-13-7-12(11(3)17)5-6-14(13)21-4/h5-7,9-11H,8,17H2,1-4H3. The Bertz CT molecular complexity index is 549. The molecule has 2 rings (SSSR count). The molecule has 1 aliphatic heterocycles. The molecule has 5 heteroatoms. The second-order valence-electron chi connectivity index (χ2n) is 5.70. The molecule has 0 saturated carbocycles. The summed E-state index contributed by atoms with van der Waals surface area (Å²) in [7, 11) is 1.57. The molecule has 1 heterocycles. The van der Waals surface area contributed by atoms with Gasteiger partial charge in [0, 0.05) is 23.4 Å². The van der Waals surface area contributed by atoms with E-state index in [1.54, 1.807) is 21.0 Å². The maximum atomic E-state index is 12.2. The molecule has 5 nitrogen and oxygen atoms in total. The molecule has 2 N–H and O–H groups in total. The number of nitrogens with zero attached hydrogens (tertiary/aromatic N) is 1. The van der Waals surface area contributed by atoms with Gasteiger partial charge in [-0.1, -0.05) is 19.9 Å². The number of benzene rings is 1. The zero-order valence-electron chi connectivity index (χ0n) is 12.9. The summed E-state index contributed by atoms with van der Waals surface area (Å²) >= 11 is 0. The van der Waals surface area contributed by atoms with Crippen molar-refractivity contribution in [2.45, 2.75) is 33.4 Å². The summed E-state index contributed by atoms with van der Waals surface area (Å²) in [6.07, 6.45) is 0. The number of methoxy groups -OCH3 is 1. The van der Waals surface area contributed by atoms with Crippen molar-refractivity contribution >= 4 is 11.8 Å². The first-order chi connectivity index (χ1) is 9.86. The van der Waals surface area contributed by atoms with Crippen LogP contribution >= 0.6 is 0 Å². The molecule has 0 bridgehead atoms. The van der Waals surface area contributed by atoms with Crippen molar-refractivity contribution in [3.05, 3.63) is 29.3 Å². The number of nitrogens with two attached hydrogens (primary N) is 1. The average Bonchev–Trinajstić information content (AvgIpc) is 2.65. The minimum absolute atomic E-state index is 0.113. The lowest BCUT2D eigenvalue weighted by Crippen LogP contribution is -2.30. The van der Waals surface area contributed by atoms with Gasteiger partial charge in [-0.25, -0.2) is 0 Å². The SMILES string of the molecule is COc1ccc(C(C)N)cc1CN1C(=O)C(C)C(C)C1=O. The van der Waals surface area contributed by atoms with Crippen LogP contribution in [0.5, 0.6) is 5.75 Å². The summed E-state index contributed by atoms with van der Waals surface area (Å²) < 4.78 is 5.32. The van der Waals surface area contributed by atoms with Gasteiger partial charge in [-0.3, -0.25) is 14.5 Å². The number of carbonyl (C=O) groups excluding carboxylic acids is 2. The third kappa shape index (κ3) is 2.78. The van der Waals surface area contributed by atoms with Crippen molar-refractivity contribution in [2.75, 3.05) is 7.11 Å². The molecule has 114 valence electrons. The van der Waals surface area contributed by atoms with E-state index in [9.17, 15) is 9.59 Å². The molecule has 21 heavy (non-hydrogen) atoms. The first-order valence-corrected chi connectivity index (χ1v) is 7.14. The van der Waals surface area contributed by atoms with Gasteiger partial charge < -0.3 is 10.5 Å². The molecular formula is C16H22N2O3. The molecule has 0 aromatic heterocycles. The predicted molar refractivity (Wildman–Crippen MR) is 79.5 cm³/mol. The Morgan fingerprint density at radius 2 is 1.81 bits per heavy atom. The van der Waals surface area contributed by atoms with Gasteiger partial charge in [0.25, 0.3) is 0 Å². The van der Waals surface area contributed by atoms with E-state index < -0.39 is 0 Å². The fourth-order valence-corrected chi connectivity index (χ4v) is 2.56. The zero-order chi connectivity index (χ0) is 15.7. The summed E-state index contributed by atoms with van der Waals surface area (Å²) in [5.74, 6) is -0.117. The zero-order valence-corrected chi connectivity index (χ0v) is 12.9. The largest absolute Gasteiger partial charge is 0.496 e. The maximum Gasteiger partial charge on any atom is 0.233 e. The molecule has 0 spiro atoms. The first-order valence-electron chi connectivity index (χ1n) is 7.14. The van der Waals surface area contributed by atoms with E-state index in [2.05, 4.69) is 0 Å². The van der Waals surface area contributed by atoms with Gasteiger partial charge in [0.05, 0.1) is 13.7 Å². The number of ether oxygens (including phenoxy) is 1. The molecule has 3 unspecified atom stereocenters. The van der Waals surface area contributed by atoms with Crippen molar-refractivity contribution in [3.63, 3.8) is 0 Å². The molecule has 1 aromatic carbocycles. The second-order valence-corrected chi connectivity index (χ2v) is 5.70. The third-order valence-corrected chi connectivity index (χ3v) is 4.22. The molecule has 1 aliphatic rings. The highest BCUT2D eigenvalue weighted by atomic mass is 16.5. The van der Waals surface area contributed by atoms with Gasteiger partial charge in [-0.2, -0.15) is 0 Å². The van der Waals surface area contributed by atoms with Crippen LogP contribution in [0.2, 0.25) is 0 Å². The summed E-state index contributed by atoms with van der Waals surface area (Å²) in [5.41, 5.74) is 7.64. The molecule has 1 fully saturated rings. The van der Waals surface area contributed by atoms with Crippen LogP contribution in [0.1, 0.15) is 37.9 Å². The summed E-state index contributed by atoms with van der Waals surface area (Å²) in [6, 6.07) is 5.51. The van der Waals surface area contributed by atoms with Gasteiger partial charge in [-0.05, 0) is 24.6 Å². The average molecular weight is 290 g/mol. The lowest BCUT2D eigenvalue weighted by molar-refractivity contribution is -0.140. The fourth-order valence-electron chi connectivity index (χ4n) is 2.56. The number of amides is 2. The van der Waals surface area contributed by atoms with E-state index in [0.29, 0.717) is 5.75 Å². The normalized spacial score (nSPS) is 23.6. The quantitative estimate of drug-likeness (QED) is 0.859. The van der Waals surface area contributed by atoms with Crippen LogP contribution in [0.3, 0.4) is 0 Å². The van der Waals surface area contributed by atoms with Gasteiger partial charge in [0.1, 0.15) is 5.75 Å². The summed E-state index contributed by atoms with van der Waals surface area (Å²) in [5, 5.41) is 0. The van der Waals surface area contributed by atoms with Crippen molar-refractivity contribution < 1.29 is 14.3 Å². The summed E-state index contributed by atoms with van der Waals surface area (Å²) in [4.78, 5) is 25.7. The van der Waals surface area contributed by atoms with Crippen LogP contribution in [0.4, 0.5) is 0 Å². The Morgan fingerprint density at radius 1 is 1.24 bits per heavy atom. The molecule has 0 aliphatic carbocycles. The highest BCUT2D eigenvalue weighted by molar-refractivity contribution is 6.04. The van der Waals surface area contributed by atoms with Crippen LogP contribution in [0, 0.1) is 11.8 Å². The number of rotatable bonds is 4. The van der Waals surface area contributed by atoms with Crippen LogP contribution in [0.15, 0.2) is 18.2 Å². The van der Waals surface area contributed by atoms with Crippen molar-refractivity contribution in [1.29, 1.82) is 0 Å². The van der Waals surface area contributed by atoms with E-state index in [-0.39, 0.29) is 36.2 Å². The van der Waals surface area contributed by atoms with E-state index in [1.165, 1.54) is 4.90 Å². The first kappa shape index (κ1) is 15.5. The monoisotopic (exact) mass is 290 g/mol. The molecule has 0 radical (unpaired) electrons. The van der Waals surface area contributed by atoms with Crippen molar-refractivity contribution in [1.82, 2.24) is 4.90 Å². The molecule has 3 atom stereocenters. The topological polar surface area (TPSA) is 72.6 Å². The van der Waals surface area contributed by atoms with Gasteiger partial charge in [0.2, 0.25) is 11.8 Å². The van der Waals surface area contributed by atoms with Gasteiger partial charge in [-0.15, -0.1) is 0 Å². The van der Waals surface area contributed by atoms with Crippen molar-refractivity contribution in [2.24, 2.45) is 17.6 Å². The van der Waals surface area contributed by atoms with Crippen molar-refractivity contribution in [3.8, 4) is 5.75 Å². The number of hydrogen-bond acceptors (Lipinski definition) is 4. The van der Waals surface area contributed by atoms with E-state index in [0.717, 1.165) is 11.1 Å². The van der Waals surface area contributed by atoms with Crippen LogP contribution in [-0.2, 0) is 16.1 Å². The highest BCUT2D eigenvalue weighted by Gasteiger charge is 2.42. The molecule has 2 amide bonds. The molecular weight excluding hydrogens is 268 g/mol. The number of likely N-dealkylation sites (tertiary alicyclic amines) is 1. The Hall–Kier alpha value is -1.88. The predicted octanol–water partition coefficient (Wildman–Crippen LogP) is 1.86. The third-order valence-electron chi connectivity index (χ3n) is 4.22. The lowest BCUT2D eigenvalue weighted by Gasteiger charge is -2.18. The number of imide groups is 1. The Morgan fingerprint density at radius 3 is 2.29 bits per heavy atom. The summed E-state index contributed by atoms with van der Waals surface area (Å²) in [6.45, 7) is 5.71. The molecule has 1 saturated heterocycles. The van der Waals surface area contributed by atoms with Gasteiger partial charge >= 0.3 is 0 Å². The molecule has 1 aromatic rings. The van der Waals surface area contributed by atoms with Crippen LogP contribution in [-0.4, -0.2) is 23.8 Å². The van der Waals surface area contributed by atoms with Crippen LogP contribution in [0.25, 0.3) is 0 Å². The Kier molecular flexibility index (Phi) is 4.32. The number of carbonyl (C=O) groups is 2. The van der Waals surface area contributed by atoms with E-state index >= 15 is 0 Å². The number of hydrogen-bond donors (Lipinski definition) is 1. The smallest absolute Gasteiger partial charge is 0.233 e. The van der Waals surface area contributed by atoms with Gasteiger partial charge in [0.15, 0.2) is 0 Å². The minimum Gasteiger partial charge on any atom is -0.496 e. The van der Waals surface area contributed by atoms with E-state index in [4.69, 9.17) is 10.5 Å².